The number of aliphatic hydroxyl groups is 1. The van der Waals surface area contributed by atoms with Gasteiger partial charge in [-0.2, -0.15) is 0 Å². The van der Waals surface area contributed by atoms with Crippen LogP contribution in [0.2, 0.25) is 0 Å². The monoisotopic (exact) mass is 250 g/mol. The maximum atomic E-state index is 10.3. The predicted molar refractivity (Wildman–Crippen MR) is 73.3 cm³/mol. The Balaban J connectivity index is 2.11. The molecule has 4 nitrogen and oxygen atoms in total. The molecule has 0 spiro atoms. The molecule has 1 heterocycles. The summed E-state index contributed by atoms with van der Waals surface area (Å²) in [4.78, 5) is 2.03. The van der Waals surface area contributed by atoms with Gasteiger partial charge in [-0.25, -0.2) is 0 Å². The van der Waals surface area contributed by atoms with Crippen LogP contribution in [0.4, 0.5) is 5.69 Å². The molecule has 1 saturated heterocycles. The molecule has 0 aromatic heterocycles. The molecule has 0 amide bonds. The van der Waals surface area contributed by atoms with E-state index in [1.54, 1.807) is 0 Å². The van der Waals surface area contributed by atoms with Crippen molar-refractivity contribution in [3.63, 3.8) is 0 Å². The van der Waals surface area contributed by atoms with Crippen molar-refractivity contribution < 1.29 is 9.84 Å². The van der Waals surface area contributed by atoms with Crippen molar-refractivity contribution in [1.29, 1.82) is 0 Å². The Kier molecular flexibility index (Phi) is 3.78. The summed E-state index contributed by atoms with van der Waals surface area (Å²) in [6.07, 6.45) is 0.508. The van der Waals surface area contributed by atoms with Gasteiger partial charge in [-0.15, -0.1) is 0 Å². The molecular weight excluding hydrogens is 228 g/mol. The van der Waals surface area contributed by atoms with E-state index < -0.39 is 5.60 Å². The van der Waals surface area contributed by atoms with Crippen LogP contribution in [0.15, 0.2) is 24.3 Å². The van der Waals surface area contributed by atoms with E-state index >= 15 is 0 Å². The highest BCUT2D eigenvalue weighted by Crippen LogP contribution is 2.25. The molecule has 100 valence electrons. The molecule has 0 aliphatic carbocycles. The minimum absolute atomic E-state index is 0.205. The zero-order valence-electron chi connectivity index (χ0n) is 11.3. The van der Waals surface area contributed by atoms with Crippen molar-refractivity contribution in [2.24, 2.45) is 0 Å². The van der Waals surface area contributed by atoms with Crippen LogP contribution in [-0.2, 0) is 0 Å². The van der Waals surface area contributed by atoms with Gasteiger partial charge in [-0.3, -0.25) is 0 Å². The number of benzene rings is 1. The summed E-state index contributed by atoms with van der Waals surface area (Å²) < 4.78 is 5.92. The van der Waals surface area contributed by atoms with Gasteiger partial charge in [0.15, 0.2) is 0 Å². The molecule has 18 heavy (non-hydrogen) atoms. The lowest BCUT2D eigenvalue weighted by Gasteiger charge is -2.37. The largest absolute Gasteiger partial charge is 0.486 e. The van der Waals surface area contributed by atoms with Crippen LogP contribution >= 0.6 is 0 Å². The molecule has 2 atom stereocenters. The second-order valence-electron chi connectivity index (χ2n) is 5.31. The number of nitrogens with one attached hydrogen (secondary N) is 1. The number of nitrogens with zero attached hydrogens (tertiary/aromatic N) is 1. The lowest BCUT2D eigenvalue weighted by Crippen LogP contribution is -2.55. The first-order chi connectivity index (χ1) is 8.49. The topological polar surface area (TPSA) is 44.7 Å². The van der Waals surface area contributed by atoms with Crippen molar-refractivity contribution in [3.05, 3.63) is 24.3 Å². The number of hydrogen-bond donors (Lipinski definition) is 2. The Morgan fingerprint density at radius 1 is 1.44 bits per heavy atom. The molecule has 1 aromatic rings. The Morgan fingerprint density at radius 3 is 2.89 bits per heavy atom. The number of piperidine rings is 1. The Morgan fingerprint density at radius 2 is 2.22 bits per heavy atom. The smallest absolute Gasteiger partial charge is 0.139 e. The first-order valence-electron chi connectivity index (χ1n) is 6.36. The molecule has 4 heteroatoms. The first kappa shape index (κ1) is 13.2. The maximum absolute atomic E-state index is 10.3. The van der Waals surface area contributed by atoms with Crippen molar-refractivity contribution in [2.75, 3.05) is 32.1 Å². The molecule has 1 aliphatic rings. The van der Waals surface area contributed by atoms with E-state index in [9.17, 15) is 5.11 Å². The Labute approximate surface area is 109 Å². The third kappa shape index (κ3) is 2.94. The summed E-state index contributed by atoms with van der Waals surface area (Å²) in [5.41, 5.74) is 0.329. The standard InChI is InChI=1S/C14H22N2O2/c1-14(17)7-8-15-10-13(14)18-12-6-4-5-11(9-12)16(2)3/h4-6,9,13,15,17H,7-8,10H2,1-3H3. The molecule has 2 rings (SSSR count). The van der Waals surface area contributed by atoms with Crippen molar-refractivity contribution in [3.8, 4) is 5.75 Å². The number of hydrogen-bond acceptors (Lipinski definition) is 4. The highest BCUT2D eigenvalue weighted by molar-refractivity contribution is 5.49. The van der Waals surface area contributed by atoms with E-state index in [4.69, 9.17) is 4.74 Å². The van der Waals surface area contributed by atoms with Gasteiger partial charge in [-0.1, -0.05) is 6.07 Å². The molecule has 0 radical (unpaired) electrons. The normalized spacial score (nSPS) is 27.9. The third-order valence-electron chi connectivity index (χ3n) is 3.44. The average molecular weight is 250 g/mol. The quantitative estimate of drug-likeness (QED) is 0.847. The van der Waals surface area contributed by atoms with Crippen LogP contribution in [0.1, 0.15) is 13.3 Å². The third-order valence-corrected chi connectivity index (χ3v) is 3.44. The summed E-state index contributed by atoms with van der Waals surface area (Å²) in [5.74, 6) is 0.801. The second-order valence-corrected chi connectivity index (χ2v) is 5.31. The summed E-state index contributed by atoms with van der Waals surface area (Å²) in [7, 11) is 3.99. The van der Waals surface area contributed by atoms with E-state index in [-0.39, 0.29) is 6.10 Å². The molecule has 0 saturated carbocycles. The van der Waals surface area contributed by atoms with E-state index in [1.165, 1.54) is 0 Å². The average Bonchev–Trinajstić information content (AvgIpc) is 2.32. The zero-order chi connectivity index (χ0) is 13.2. The molecule has 0 bridgehead atoms. The Bertz CT molecular complexity index is 405. The highest BCUT2D eigenvalue weighted by Gasteiger charge is 2.36. The van der Waals surface area contributed by atoms with Gasteiger partial charge in [-0.05, 0) is 32.0 Å². The summed E-state index contributed by atoms with van der Waals surface area (Å²) >= 11 is 0. The lowest BCUT2D eigenvalue weighted by atomic mass is 9.92. The fourth-order valence-electron chi connectivity index (χ4n) is 2.12. The van der Waals surface area contributed by atoms with E-state index in [1.807, 2.05) is 50.2 Å². The fourth-order valence-corrected chi connectivity index (χ4v) is 2.12. The summed E-state index contributed by atoms with van der Waals surface area (Å²) in [6, 6.07) is 7.92. The van der Waals surface area contributed by atoms with Gasteiger partial charge in [0.25, 0.3) is 0 Å². The summed E-state index contributed by atoms with van der Waals surface area (Å²) in [6.45, 7) is 3.36. The molecule has 2 N–H and O–H groups in total. The zero-order valence-corrected chi connectivity index (χ0v) is 11.3. The minimum atomic E-state index is -0.765. The van der Waals surface area contributed by atoms with Crippen molar-refractivity contribution in [2.45, 2.75) is 25.0 Å². The van der Waals surface area contributed by atoms with Crippen LogP contribution in [0, 0.1) is 0 Å². The van der Waals surface area contributed by atoms with E-state index in [0.29, 0.717) is 13.0 Å². The van der Waals surface area contributed by atoms with Gasteiger partial charge in [0, 0.05) is 32.4 Å². The van der Waals surface area contributed by atoms with Crippen LogP contribution < -0.4 is 15.0 Å². The highest BCUT2D eigenvalue weighted by atomic mass is 16.5. The Hall–Kier alpha value is -1.26. The van der Waals surface area contributed by atoms with Crippen molar-refractivity contribution in [1.82, 2.24) is 5.32 Å². The van der Waals surface area contributed by atoms with E-state index in [0.717, 1.165) is 18.0 Å². The van der Waals surface area contributed by atoms with Gasteiger partial charge in [0.1, 0.15) is 17.5 Å². The second kappa shape index (κ2) is 5.16. The van der Waals surface area contributed by atoms with Gasteiger partial charge in [0.05, 0.1) is 0 Å². The molecule has 1 fully saturated rings. The van der Waals surface area contributed by atoms with Gasteiger partial charge >= 0.3 is 0 Å². The lowest BCUT2D eigenvalue weighted by molar-refractivity contribution is -0.0657. The van der Waals surface area contributed by atoms with E-state index in [2.05, 4.69) is 5.32 Å². The van der Waals surface area contributed by atoms with Crippen LogP contribution in [0.25, 0.3) is 0 Å². The van der Waals surface area contributed by atoms with Crippen LogP contribution in [0.3, 0.4) is 0 Å². The summed E-state index contributed by atoms with van der Waals surface area (Å²) in [5, 5.41) is 13.6. The SMILES string of the molecule is CN(C)c1cccc(OC2CNCCC2(C)O)c1. The van der Waals surface area contributed by atoms with Gasteiger partial charge in [0.2, 0.25) is 0 Å². The number of anilines is 1. The molecule has 1 aromatic carbocycles. The van der Waals surface area contributed by atoms with Crippen LogP contribution in [0.5, 0.6) is 5.75 Å². The number of ether oxygens (including phenoxy) is 1. The fraction of sp³-hybridized carbons (Fsp3) is 0.571. The maximum Gasteiger partial charge on any atom is 0.139 e. The van der Waals surface area contributed by atoms with Crippen LogP contribution in [-0.4, -0.2) is 44.0 Å². The van der Waals surface area contributed by atoms with Crippen molar-refractivity contribution >= 4 is 5.69 Å². The van der Waals surface area contributed by atoms with Gasteiger partial charge < -0.3 is 20.1 Å². The minimum Gasteiger partial charge on any atom is -0.486 e. The molecule has 1 aliphatic heterocycles. The predicted octanol–water partition coefficient (Wildman–Crippen LogP) is 1.24. The molecular formula is C14H22N2O2. The number of rotatable bonds is 3. The molecule has 2 unspecified atom stereocenters. The first-order valence-corrected chi connectivity index (χ1v) is 6.36.